The molecular formula is C29H37FN2O3. The van der Waals surface area contributed by atoms with Gasteiger partial charge in [-0.15, -0.1) is 0 Å². The summed E-state index contributed by atoms with van der Waals surface area (Å²) in [5.41, 5.74) is 3.13. The van der Waals surface area contributed by atoms with E-state index in [1.807, 2.05) is 44.2 Å². The molecule has 3 aliphatic heterocycles. The number of hydrogen-bond acceptors (Lipinski definition) is 4. The average Bonchev–Trinajstić information content (AvgIpc) is 2.82. The molecule has 2 aromatic rings. The number of rotatable bonds is 5. The van der Waals surface area contributed by atoms with Gasteiger partial charge in [0.05, 0.1) is 12.1 Å². The zero-order valence-corrected chi connectivity index (χ0v) is 21.3. The summed E-state index contributed by atoms with van der Waals surface area (Å²) in [6.45, 7) is 11.3. The lowest BCUT2D eigenvalue weighted by atomic mass is 9.70. The Labute approximate surface area is 208 Å². The number of ether oxygens (including phenoxy) is 2. The van der Waals surface area contributed by atoms with E-state index in [4.69, 9.17) is 9.47 Å². The molecule has 0 saturated carbocycles. The molecule has 1 amide bonds. The first kappa shape index (κ1) is 24.1. The van der Waals surface area contributed by atoms with Crippen LogP contribution >= 0.6 is 0 Å². The van der Waals surface area contributed by atoms with Gasteiger partial charge in [-0.25, -0.2) is 9.18 Å². The summed E-state index contributed by atoms with van der Waals surface area (Å²) in [6, 6.07) is 10.8. The zero-order chi connectivity index (χ0) is 24.7. The van der Waals surface area contributed by atoms with Crippen LogP contribution in [0.25, 0.3) is 11.1 Å². The Morgan fingerprint density at radius 3 is 2.49 bits per heavy atom. The van der Waals surface area contributed by atoms with E-state index >= 15 is 4.39 Å². The number of nitrogens with one attached hydrogen (secondary N) is 1. The summed E-state index contributed by atoms with van der Waals surface area (Å²) < 4.78 is 27.1. The lowest BCUT2D eigenvalue weighted by Crippen LogP contribution is -2.53. The number of carbonyl (C=O) groups is 1. The number of benzene rings is 2. The zero-order valence-electron chi connectivity index (χ0n) is 21.3. The molecule has 0 radical (unpaired) electrons. The van der Waals surface area contributed by atoms with Crippen molar-refractivity contribution in [1.29, 1.82) is 0 Å². The fourth-order valence-electron chi connectivity index (χ4n) is 5.95. The lowest BCUT2D eigenvalue weighted by Gasteiger charge is -2.44. The highest BCUT2D eigenvalue weighted by molar-refractivity contribution is 5.70. The molecule has 0 unspecified atom stereocenters. The molecule has 3 fully saturated rings. The molecule has 0 aromatic heterocycles. The van der Waals surface area contributed by atoms with Crippen LogP contribution < -0.4 is 10.1 Å². The minimum atomic E-state index is -0.389. The second kappa shape index (κ2) is 9.45. The smallest absolute Gasteiger partial charge is 0.407 e. The highest BCUT2D eigenvalue weighted by atomic mass is 19.1. The van der Waals surface area contributed by atoms with Gasteiger partial charge in [0, 0.05) is 12.1 Å². The minimum absolute atomic E-state index is 0.0505. The molecule has 188 valence electrons. The summed E-state index contributed by atoms with van der Waals surface area (Å²) in [5, 5.41) is 3.12. The predicted molar refractivity (Wildman–Crippen MR) is 135 cm³/mol. The monoisotopic (exact) mass is 480 g/mol. The van der Waals surface area contributed by atoms with E-state index in [0.29, 0.717) is 11.5 Å². The van der Waals surface area contributed by atoms with Crippen molar-refractivity contribution in [2.24, 2.45) is 11.3 Å². The predicted octanol–water partition coefficient (Wildman–Crippen LogP) is 6.11. The van der Waals surface area contributed by atoms with Gasteiger partial charge in [0.2, 0.25) is 0 Å². The number of hydrogen-bond donors (Lipinski definition) is 1. The van der Waals surface area contributed by atoms with Crippen LogP contribution in [0.15, 0.2) is 36.4 Å². The average molecular weight is 481 g/mol. The first-order chi connectivity index (χ1) is 16.7. The fourth-order valence-corrected chi connectivity index (χ4v) is 5.95. The van der Waals surface area contributed by atoms with Gasteiger partial charge in [0.1, 0.15) is 17.7 Å². The van der Waals surface area contributed by atoms with E-state index in [1.54, 1.807) is 6.07 Å². The number of alkyl carbamates (subject to hydrolysis) is 1. The molecule has 3 saturated heterocycles. The second-order valence-electron chi connectivity index (χ2n) is 11.4. The van der Waals surface area contributed by atoms with Crippen molar-refractivity contribution in [3.63, 3.8) is 0 Å². The molecule has 4 aliphatic rings. The largest absolute Gasteiger partial charge is 0.491 e. The summed E-state index contributed by atoms with van der Waals surface area (Å²) >= 11 is 0. The van der Waals surface area contributed by atoms with Crippen molar-refractivity contribution in [3.8, 4) is 16.9 Å². The summed E-state index contributed by atoms with van der Waals surface area (Å²) in [4.78, 5) is 15.3. The number of aryl methyl sites for hydroxylation is 1. The lowest BCUT2D eigenvalue weighted by molar-refractivity contribution is -0.0353. The molecule has 2 aromatic carbocycles. The topological polar surface area (TPSA) is 50.8 Å². The van der Waals surface area contributed by atoms with Crippen LogP contribution in [0.3, 0.4) is 0 Å². The van der Waals surface area contributed by atoms with Crippen LogP contribution in [0.5, 0.6) is 5.75 Å². The van der Waals surface area contributed by atoms with Crippen LogP contribution in [0.2, 0.25) is 0 Å². The Morgan fingerprint density at radius 1 is 1.14 bits per heavy atom. The van der Waals surface area contributed by atoms with Gasteiger partial charge >= 0.3 is 6.09 Å². The van der Waals surface area contributed by atoms with Crippen LogP contribution in [0.1, 0.15) is 64.1 Å². The normalized spacial score (nSPS) is 26.8. The number of piperidine rings is 3. The van der Waals surface area contributed by atoms with Crippen LogP contribution in [-0.2, 0) is 11.2 Å². The summed E-state index contributed by atoms with van der Waals surface area (Å²) in [6.07, 6.45) is 3.58. The summed E-state index contributed by atoms with van der Waals surface area (Å²) in [7, 11) is 0. The van der Waals surface area contributed by atoms with Crippen molar-refractivity contribution in [1.82, 2.24) is 10.2 Å². The van der Waals surface area contributed by atoms with Crippen molar-refractivity contribution in [2.45, 2.75) is 71.6 Å². The molecule has 3 heterocycles. The van der Waals surface area contributed by atoms with Gasteiger partial charge in [-0.1, -0.05) is 26.0 Å². The second-order valence-corrected chi connectivity index (χ2v) is 11.4. The Hall–Kier alpha value is -2.60. The third kappa shape index (κ3) is 5.04. The maximum absolute atomic E-state index is 15.4. The number of halogens is 1. The minimum Gasteiger partial charge on any atom is -0.491 e. The van der Waals surface area contributed by atoms with Crippen molar-refractivity contribution < 1.29 is 18.7 Å². The number of amides is 1. The Balaban J connectivity index is 1.36. The van der Waals surface area contributed by atoms with E-state index in [1.165, 1.54) is 0 Å². The molecule has 0 spiro atoms. The van der Waals surface area contributed by atoms with Crippen molar-refractivity contribution in [2.75, 3.05) is 19.6 Å². The van der Waals surface area contributed by atoms with Gasteiger partial charge < -0.3 is 14.8 Å². The van der Waals surface area contributed by atoms with Gasteiger partial charge in [0.25, 0.3) is 0 Å². The van der Waals surface area contributed by atoms with Crippen LogP contribution in [0, 0.1) is 17.2 Å². The third-order valence-corrected chi connectivity index (χ3v) is 8.01. The molecule has 2 bridgehead atoms. The number of carbonyl (C=O) groups excluding carboxylic acids is 1. The van der Waals surface area contributed by atoms with E-state index in [0.717, 1.165) is 67.8 Å². The maximum Gasteiger partial charge on any atom is 0.407 e. The quantitative estimate of drug-likeness (QED) is 0.561. The molecule has 6 heteroatoms. The standard InChI is InChI=1S/C29H37FN2O3/c1-18(2)34-22-7-5-19(6-8-22)23-15-21-9-12-29(3,4)27(24(21)16-25(23)30)31-28(33)35-26-17-32-13-10-20(26)11-14-32/h5-8,15-16,18,20,26-27H,9-14,17H2,1-4H3,(H,31,33)/t26-,27+/m1/s1. The van der Waals surface area contributed by atoms with Gasteiger partial charge in [0.15, 0.2) is 0 Å². The molecule has 35 heavy (non-hydrogen) atoms. The highest BCUT2D eigenvalue weighted by Crippen LogP contribution is 2.45. The van der Waals surface area contributed by atoms with E-state index in [-0.39, 0.29) is 35.6 Å². The van der Waals surface area contributed by atoms with E-state index in [2.05, 4.69) is 24.1 Å². The maximum atomic E-state index is 15.4. The van der Waals surface area contributed by atoms with Crippen LogP contribution in [0.4, 0.5) is 9.18 Å². The molecule has 1 N–H and O–H groups in total. The van der Waals surface area contributed by atoms with E-state index < -0.39 is 0 Å². The van der Waals surface area contributed by atoms with E-state index in [9.17, 15) is 4.79 Å². The Morgan fingerprint density at radius 2 is 1.86 bits per heavy atom. The molecule has 1 aliphatic carbocycles. The van der Waals surface area contributed by atoms with Crippen molar-refractivity contribution in [3.05, 3.63) is 53.3 Å². The first-order valence-electron chi connectivity index (χ1n) is 13.0. The fraction of sp³-hybridized carbons (Fsp3) is 0.552. The molecule has 2 atom stereocenters. The summed E-state index contributed by atoms with van der Waals surface area (Å²) in [5.74, 6) is 0.945. The van der Waals surface area contributed by atoms with Gasteiger partial charge in [-0.3, -0.25) is 4.90 Å². The Kier molecular flexibility index (Phi) is 6.51. The van der Waals surface area contributed by atoms with Crippen LogP contribution in [-0.4, -0.2) is 42.8 Å². The third-order valence-electron chi connectivity index (χ3n) is 8.01. The van der Waals surface area contributed by atoms with Crippen molar-refractivity contribution >= 4 is 6.09 Å². The van der Waals surface area contributed by atoms with Gasteiger partial charge in [-0.2, -0.15) is 0 Å². The SMILES string of the molecule is CC(C)Oc1ccc(-c2cc3c(cc2F)[C@H](NC(=O)O[C@@H]2CN4CCC2CC4)C(C)(C)CC3)cc1. The number of nitrogens with zero attached hydrogens (tertiary/aromatic N) is 1. The molecule has 5 nitrogen and oxygen atoms in total. The first-order valence-corrected chi connectivity index (χ1v) is 13.0. The van der Waals surface area contributed by atoms with Gasteiger partial charge in [-0.05, 0) is 105 Å². The molecule has 6 rings (SSSR count). The molecular weight excluding hydrogens is 443 g/mol. The number of fused-ring (bicyclic) bond motifs is 4. The highest BCUT2D eigenvalue weighted by Gasteiger charge is 2.40. The Bertz CT molecular complexity index is 1070.